The predicted molar refractivity (Wildman–Crippen MR) is 67.8 cm³/mol. The van der Waals surface area contributed by atoms with E-state index >= 15 is 0 Å². The molecule has 1 unspecified atom stereocenters. The Morgan fingerprint density at radius 1 is 1.38 bits per heavy atom. The fourth-order valence-electron chi connectivity index (χ4n) is 1.96. The zero-order valence-electron chi connectivity index (χ0n) is 8.87. The van der Waals surface area contributed by atoms with Gasteiger partial charge in [0.1, 0.15) is 11.6 Å². The molecule has 1 aromatic carbocycles. The summed E-state index contributed by atoms with van der Waals surface area (Å²) in [6, 6.07) is 2.72. The first kappa shape index (κ1) is 12.5. The van der Waals surface area contributed by atoms with Gasteiger partial charge in [-0.3, -0.25) is 0 Å². The predicted octanol–water partition coefficient (Wildman–Crippen LogP) is 4.83. The third kappa shape index (κ3) is 2.19. The van der Waals surface area contributed by atoms with Crippen molar-refractivity contribution in [3.63, 3.8) is 0 Å². The number of hydrogen-bond donors (Lipinski definition) is 0. The highest BCUT2D eigenvalue weighted by Crippen LogP contribution is 2.54. The molecular formula is C12H12Br2F2. The lowest BCUT2D eigenvalue weighted by molar-refractivity contribution is 0.465. The molecule has 1 aliphatic rings. The van der Waals surface area contributed by atoms with Crippen LogP contribution < -0.4 is 0 Å². The fraction of sp³-hybridized carbons (Fsp3) is 0.500. The number of halogens is 4. The maximum Gasteiger partial charge on any atom is 0.143 e. The lowest BCUT2D eigenvalue weighted by Crippen LogP contribution is -2.17. The van der Waals surface area contributed by atoms with E-state index in [0.717, 1.165) is 12.8 Å². The first-order valence-corrected chi connectivity index (χ1v) is 6.93. The van der Waals surface area contributed by atoms with Crippen molar-refractivity contribution in [2.75, 3.05) is 0 Å². The van der Waals surface area contributed by atoms with E-state index < -0.39 is 11.6 Å². The average Bonchev–Trinajstić information content (AvgIpc) is 3.00. The van der Waals surface area contributed by atoms with Crippen LogP contribution in [-0.2, 0) is 6.42 Å². The molecule has 1 fully saturated rings. The van der Waals surface area contributed by atoms with Crippen molar-refractivity contribution in [2.45, 2.75) is 31.0 Å². The summed E-state index contributed by atoms with van der Waals surface area (Å²) in [7, 11) is 0. The standard InChI is InChI=1S/C12H12Br2F2/c1-7(13)12(4-5-12)6-8-10(15)3-2-9(14)11(8)16/h2-3,7H,4-6H2,1H3. The van der Waals surface area contributed by atoms with Gasteiger partial charge in [-0.1, -0.05) is 22.9 Å². The van der Waals surface area contributed by atoms with Crippen LogP contribution in [0.4, 0.5) is 8.78 Å². The highest BCUT2D eigenvalue weighted by Gasteiger charge is 2.47. The van der Waals surface area contributed by atoms with Crippen LogP contribution in [0.5, 0.6) is 0 Å². The van der Waals surface area contributed by atoms with E-state index in [-0.39, 0.29) is 15.8 Å². The van der Waals surface area contributed by atoms with Crippen LogP contribution in [0, 0.1) is 17.0 Å². The maximum atomic E-state index is 13.8. The van der Waals surface area contributed by atoms with Gasteiger partial charge in [-0.05, 0) is 52.7 Å². The molecule has 0 aromatic heterocycles. The maximum absolute atomic E-state index is 13.8. The van der Waals surface area contributed by atoms with Crippen LogP contribution in [-0.4, -0.2) is 4.83 Å². The molecule has 0 bridgehead atoms. The number of hydrogen-bond acceptors (Lipinski definition) is 0. The molecule has 0 N–H and O–H groups in total. The van der Waals surface area contributed by atoms with Gasteiger partial charge in [0, 0.05) is 10.4 Å². The smallest absolute Gasteiger partial charge is 0.143 e. The Hall–Kier alpha value is 0.0400. The zero-order valence-corrected chi connectivity index (χ0v) is 12.0. The van der Waals surface area contributed by atoms with E-state index in [0.29, 0.717) is 10.9 Å². The normalized spacial score (nSPS) is 19.6. The van der Waals surface area contributed by atoms with Crippen molar-refractivity contribution in [2.24, 2.45) is 5.41 Å². The van der Waals surface area contributed by atoms with Gasteiger partial charge in [0.05, 0.1) is 4.47 Å². The van der Waals surface area contributed by atoms with E-state index in [1.807, 2.05) is 6.92 Å². The summed E-state index contributed by atoms with van der Waals surface area (Å²) in [4.78, 5) is 0.290. The van der Waals surface area contributed by atoms with Gasteiger partial charge >= 0.3 is 0 Å². The van der Waals surface area contributed by atoms with Crippen LogP contribution in [0.1, 0.15) is 25.3 Å². The summed E-state index contributed by atoms with van der Waals surface area (Å²) in [5.41, 5.74) is 0.251. The second-order valence-electron chi connectivity index (χ2n) is 4.48. The molecule has 0 spiro atoms. The Morgan fingerprint density at radius 2 is 2.00 bits per heavy atom. The second-order valence-corrected chi connectivity index (χ2v) is 6.70. The van der Waals surface area contributed by atoms with E-state index in [1.165, 1.54) is 12.1 Å². The van der Waals surface area contributed by atoms with Crippen molar-refractivity contribution in [1.82, 2.24) is 0 Å². The fourth-order valence-corrected chi connectivity index (χ4v) is 2.95. The average molecular weight is 354 g/mol. The molecule has 4 heteroatoms. The quantitative estimate of drug-likeness (QED) is 0.539. The number of rotatable bonds is 3. The summed E-state index contributed by atoms with van der Waals surface area (Å²) in [6.45, 7) is 2.04. The molecule has 1 saturated carbocycles. The second kappa shape index (κ2) is 4.37. The molecule has 2 rings (SSSR count). The highest BCUT2D eigenvalue weighted by molar-refractivity contribution is 9.10. The Bertz CT molecular complexity index is 412. The van der Waals surface area contributed by atoms with Crippen molar-refractivity contribution < 1.29 is 8.78 Å². The molecule has 1 aliphatic carbocycles. The van der Waals surface area contributed by atoms with E-state index in [4.69, 9.17) is 0 Å². The Morgan fingerprint density at radius 3 is 2.50 bits per heavy atom. The molecule has 1 aromatic rings. The van der Waals surface area contributed by atoms with E-state index in [2.05, 4.69) is 31.9 Å². The molecular weight excluding hydrogens is 342 g/mol. The minimum Gasteiger partial charge on any atom is -0.207 e. The van der Waals surface area contributed by atoms with Crippen LogP contribution >= 0.6 is 31.9 Å². The lowest BCUT2D eigenvalue weighted by atomic mass is 9.93. The van der Waals surface area contributed by atoms with Crippen LogP contribution in [0.25, 0.3) is 0 Å². The van der Waals surface area contributed by atoms with Gasteiger partial charge in [-0.15, -0.1) is 0 Å². The zero-order chi connectivity index (χ0) is 11.9. The molecule has 0 amide bonds. The summed E-state index contributed by atoms with van der Waals surface area (Å²) in [5, 5.41) is 0. The van der Waals surface area contributed by atoms with E-state index in [9.17, 15) is 8.78 Å². The van der Waals surface area contributed by atoms with Crippen LogP contribution in [0.15, 0.2) is 16.6 Å². The van der Waals surface area contributed by atoms with E-state index in [1.54, 1.807) is 0 Å². The van der Waals surface area contributed by atoms with Gasteiger partial charge in [-0.2, -0.15) is 0 Å². The van der Waals surface area contributed by atoms with Gasteiger partial charge in [0.2, 0.25) is 0 Å². The molecule has 0 radical (unpaired) electrons. The SMILES string of the molecule is CC(Br)C1(Cc2c(F)ccc(Br)c2F)CC1. The molecule has 88 valence electrons. The van der Waals surface area contributed by atoms with Gasteiger partial charge < -0.3 is 0 Å². The molecule has 0 saturated heterocycles. The molecule has 1 atom stereocenters. The van der Waals surface area contributed by atoms with Gasteiger partial charge in [-0.25, -0.2) is 8.78 Å². The van der Waals surface area contributed by atoms with Crippen molar-refractivity contribution in [1.29, 1.82) is 0 Å². The third-order valence-electron chi connectivity index (χ3n) is 3.40. The van der Waals surface area contributed by atoms with Crippen molar-refractivity contribution >= 4 is 31.9 Å². The Labute approximate surface area is 111 Å². The van der Waals surface area contributed by atoms with Crippen molar-refractivity contribution in [3.05, 3.63) is 33.8 Å². The summed E-state index contributed by atoms with van der Waals surface area (Å²) >= 11 is 6.62. The number of alkyl halides is 1. The number of benzene rings is 1. The first-order valence-electron chi connectivity index (χ1n) is 5.23. The highest BCUT2D eigenvalue weighted by atomic mass is 79.9. The van der Waals surface area contributed by atoms with Crippen molar-refractivity contribution in [3.8, 4) is 0 Å². The van der Waals surface area contributed by atoms with Crippen LogP contribution in [0.2, 0.25) is 0 Å². The molecule has 16 heavy (non-hydrogen) atoms. The minimum atomic E-state index is -0.459. The summed E-state index contributed by atoms with van der Waals surface area (Å²) in [6.07, 6.45) is 2.53. The minimum absolute atomic E-state index is 0.0441. The molecule has 0 aliphatic heterocycles. The monoisotopic (exact) mass is 352 g/mol. The first-order chi connectivity index (χ1) is 7.46. The molecule has 0 nitrogen and oxygen atoms in total. The van der Waals surface area contributed by atoms with Gasteiger partial charge in [0.25, 0.3) is 0 Å². The lowest BCUT2D eigenvalue weighted by Gasteiger charge is -2.19. The summed E-state index contributed by atoms with van der Waals surface area (Å²) in [5.74, 6) is -0.903. The Balaban J connectivity index is 2.31. The topological polar surface area (TPSA) is 0 Å². The molecule has 0 heterocycles. The van der Waals surface area contributed by atoms with Crippen LogP contribution in [0.3, 0.4) is 0 Å². The summed E-state index contributed by atoms with van der Waals surface area (Å²) < 4.78 is 27.7. The van der Waals surface area contributed by atoms with Gasteiger partial charge in [0.15, 0.2) is 0 Å². The largest absolute Gasteiger partial charge is 0.207 e. The third-order valence-corrected chi connectivity index (χ3v) is 4.99. The Kier molecular flexibility index (Phi) is 3.41.